The molecule has 1 heteroatoms. The van der Waals surface area contributed by atoms with Crippen molar-refractivity contribution in [3.63, 3.8) is 0 Å². The predicted molar refractivity (Wildman–Crippen MR) is 65.3 cm³/mol. The lowest BCUT2D eigenvalue weighted by Gasteiger charge is -2.16. The summed E-state index contributed by atoms with van der Waals surface area (Å²) in [7, 11) is 1.69. The zero-order valence-electron chi connectivity index (χ0n) is 10.0. The third kappa shape index (κ3) is 2.62. The second kappa shape index (κ2) is 5.01. The van der Waals surface area contributed by atoms with Crippen LogP contribution in [0.15, 0.2) is 30.9 Å². The molecule has 0 bridgehead atoms. The van der Waals surface area contributed by atoms with Crippen molar-refractivity contribution >= 4 is 0 Å². The molecule has 0 aliphatic carbocycles. The van der Waals surface area contributed by atoms with Crippen molar-refractivity contribution < 1.29 is 4.74 Å². The molecule has 1 aromatic rings. The highest BCUT2D eigenvalue weighted by molar-refractivity contribution is 5.47. The van der Waals surface area contributed by atoms with E-state index < -0.39 is 0 Å². The molecule has 0 saturated carbocycles. The molecule has 1 radical (unpaired) electrons. The standard InChI is InChI=1S/C14H19O/c1-6-11(4)14-9-12(15-5)7-8-13(14)10(2)3/h6-10H,1H2,2-5H3. The summed E-state index contributed by atoms with van der Waals surface area (Å²) in [5.41, 5.74) is 2.58. The Bertz CT molecular complexity index is 339. The topological polar surface area (TPSA) is 9.23 Å². The molecule has 0 heterocycles. The highest BCUT2D eigenvalue weighted by Gasteiger charge is 2.12. The van der Waals surface area contributed by atoms with E-state index in [0.717, 1.165) is 5.75 Å². The van der Waals surface area contributed by atoms with Gasteiger partial charge in [-0.15, -0.1) is 6.58 Å². The fourth-order valence-corrected chi connectivity index (χ4v) is 1.62. The van der Waals surface area contributed by atoms with E-state index in [0.29, 0.717) is 5.92 Å². The van der Waals surface area contributed by atoms with Crippen molar-refractivity contribution in [3.05, 3.63) is 47.9 Å². The van der Waals surface area contributed by atoms with Crippen LogP contribution in [0.5, 0.6) is 5.75 Å². The van der Waals surface area contributed by atoms with Gasteiger partial charge in [-0.2, -0.15) is 0 Å². The van der Waals surface area contributed by atoms with Crippen molar-refractivity contribution in [2.75, 3.05) is 7.11 Å². The molecule has 0 aromatic heterocycles. The second-order valence-electron chi connectivity index (χ2n) is 4.00. The van der Waals surface area contributed by atoms with Crippen LogP contribution >= 0.6 is 0 Å². The Morgan fingerprint density at radius 3 is 2.53 bits per heavy atom. The van der Waals surface area contributed by atoms with Gasteiger partial charge in [0.25, 0.3) is 0 Å². The highest BCUT2D eigenvalue weighted by Crippen LogP contribution is 2.29. The number of methoxy groups -OCH3 is 1. The van der Waals surface area contributed by atoms with Gasteiger partial charge in [-0.3, -0.25) is 0 Å². The Hall–Kier alpha value is -1.24. The van der Waals surface area contributed by atoms with E-state index in [-0.39, 0.29) is 0 Å². The SMILES string of the molecule is C=C[C](C)c1cc(OC)ccc1C(C)C. The van der Waals surface area contributed by atoms with Crippen molar-refractivity contribution in [1.82, 2.24) is 0 Å². The number of allylic oxidation sites excluding steroid dienone is 1. The van der Waals surface area contributed by atoms with Gasteiger partial charge in [0.2, 0.25) is 0 Å². The van der Waals surface area contributed by atoms with Gasteiger partial charge in [0.15, 0.2) is 0 Å². The van der Waals surface area contributed by atoms with E-state index in [1.165, 1.54) is 17.0 Å². The molecule has 0 amide bonds. The lowest BCUT2D eigenvalue weighted by molar-refractivity contribution is 0.414. The molecular weight excluding hydrogens is 184 g/mol. The first-order valence-electron chi connectivity index (χ1n) is 5.24. The van der Waals surface area contributed by atoms with Gasteiger partial charge in [0, 0.05) is 5.92 Å². The monoisotopic (exact) mass is 203 g/mol. The van der Waals surface area contributed by atoms with Gasteiger partial charge < -0.3 is 4.74 Å². The van der Waals surface area contributed by atoms with Crippen LogP contribution in [0.2, 0.25) is 0 Å². The van der Waals surface area contributed by atoms with Gasteiger partial charge in [-0.1, -0.05) is 32.9 Å². The quantitative estimate of drug-likeness (QED) is 0.720. The van der Waals surface area contributed by atoms with E-state index in [1.807, 2.05) is 12.1 Å². The summed E-state index contributed by atoms with van der Waals surface area (Å²) >= 11 is 0. The average Bonchev–Trinajstić information content (AvgIpc) is 2.26. The van der Waals surface area contributed by atoms with Crippen LogP contribution < -0.4 is 4.74 Å². The fraction of sp³-hybridized carbons (Fsp3) is 0.357. The molecule has 15 heavy (non-hydrogen) atoms. The number of hydrogen-bond donors (Lipinski definition) is 0. The zero-order chi connectivity index (χ0) is 11.4. The van der Waals surface area contributed by atoms with Crippen LogP contribution in [0.3, 0.4) is 0 Å². The third-order valence-corrected chi connectivity index (χ3v) is 2.61. The number of benzene rings is 1. The van der Waals surface area contributed by atoms with Crippen LogP contribution in [-0.4, -0.2) is 7.11 Å². The third-order valence-electron chi connectivity index (χ3n) is 2.61. The predicted octanol–water partition coefficient (Wildman–Crippen LogP) is 3.95. The second-order valence-corrected chi connectivity index (χ2v) is 4.00. The van der Waals surface area contributed by atoms with Crippen LogP contribution in [0, 0.1) is 5.92 Å². The van der Waals surface area contributed by atoms with Crippen LogP contribution in [-0.2, 0) is 0 Å². The first-order chi connectivity index (χ1) is 7.10. The number of ether oxygens (including phenoxy) is 1. The molecule has 81 valence electrons. The van der Waals surface area contributed by atoms with Crippen molar-refractivity contribution in [2.24, 2.45) is 0 Å². The first kappa shape index (κ1) is 11.8. The van der Waals surface area contributed by atoms with E-state index in [4.69, 9.17) is 4.74 Å². The van der Waals surface area contributed by atoms with Gasteiger partial charge >= 0.3 is 0 Å². The maximum atomic E-state index is 5.24. The van der Waals surface area contributed by atoms with Crippen molar-refractivity contribution in [3.8, 4) is 5.75 Å². The summed E-state index contributed by atoms with van der Waals surface area (Å²) in [5, 5.41) is 0. The summed E-state index contributed by atoms with van der Waals surface area (Å²) in [6.07, 6.45) is 1.89. The van der Waals surface area contributed by atoms with E-state index in [2.05, 4.69) is 39.5 Å². The molecule has 0 fully saturated rings. The van der Waals surface area contributed by atoms with Gasteiger partial charge in [-0.05, 0) is 29.2 Å². The maximum Gasteiger partial charge on any atom is 0.119 e. The van der Waals surface area contributed by atoms with Crippen LogP contribution in [0.25, 0.3) is 0 Å². The maximum absolute atomic E-state index is 5.24. The number of rotatable bonds is 4. The molecule has 0 atom stereocenters. The van der Waals surface area contributed by atoms with Crippen molar-refractivity contribution in [2.45, 2.75) is 26.7 Å². The lowest BCUT2D eigenvalue weighted by atomic mass is 9.89. The summed E-state index contributed by atoms with van der Waals surface area (Å²) in [5.74, 6) is 2.61. The largest absolute Gasteiger partial charge is 0.497 e. The highest BCUT2D eigenvalue weighted by atomic mass is 16.5. The average molecular weight is 203 g/mol. The Morgan fingerprint density at radius 2 is 2.07 bits per heavy atom. The Kier molecular flexibility index (Phi) is 3.96. The Labute approximate surface area is 92.8 Å². The molecule has 0 unspecified atom stereocenters. The van der Waals surface area contributed by atoms with Gasteiger partial charge in [-0.25, -0.2) is 0 Å². The van der Waals surface area contributed by atoms with Crippen molar-refractivity contribution in [1.29, 1.82) is 0 Å². The van der Waals surface area contributed by atoms with Crippen LogP contribution in [0.4, 0.5) is 0 Å². The summed E-state index contributed by atoms with van der Waals surface area (Å²) in [6, 6.07) is 6.22. The minimum Gasteiger partial charge on any atom is -0.497 e. The Balaban J connectivity index is 3.22. The fourth-order valence-electron chi connectivity index (χ4n) is 1.62. The molecule has 1 nitrogen and oxygen atoms in total. The molecule has 0 aliphatic heterocycles. The lowest BCUT2D eigenvalue weighted by Crippen LogP contribution is -2.00. The molecule has 0 saturated heterocycles. The van der Waals surface area contributed by atoms with Crippen LogP contribution in [0.1, 0.15) is 37.8 Å². The molecule has 0 aliphatic rings. The molecule has 0 spiro atoms. The first-order valence-corrected chi connectivity index (χ1v) is 5.24. The summed E-state index contributed by atoms with van der Waals surface area (Å²) in [6.45, 7) is 10.3. The summed E-state index contributed by atoms with van der Waals surface area (Å²) in [4.78, 5) is 0. The Morgan fingerprint density at radius 1 is 1.40 bits per heavy atom. The van der Waals surface area contributed by atoms with E-state index >= 15 is 0 Å². The minimum absolute atomic E-state index is 0.515. The smallest absolute Gasteiger partial charge is 0.119 e. The molecular formula is C14H19O. The molecule has 1 aromatic carbocycles. The van der Waals surface area contributed by atoms with E-state index in [1.54, 1.807) is 7.11 Å². The zero-order valence-corrected chi connectivity index (χ0v) is 10.0. The molecule has 1 rings (SSSR count). The summed E-state index contributed by atoms with van der Waals surface area (Å²) < 4.78 is 5.24. The van der Waals surface area contributed by atoms with Gasteiger partial charge in [0.05, 0.1) is 7.11 Å². The van der Waals surface area contributed by atoms with E-state index in [9.17, 15) is 0 Å². The van der Waals surface area contributed by atoms with Gasteiger partial charge in [0.1, 0.15) is 5.75 Å². The molecule has 0 N–H and O–H groups in total. The normalized spacial score (nSPS) is 10.8. The number of hydrogen-bond acceptors (Lipinski definition) is 1. The minimum atomic E-state index is 0.515.